The highest BCUT2D eigenvalue weighted by Crippen LogP contribution is 2.50. The average molecular weight is 448 g/mol. The van der Waals surface area contributed by atoms with Crippen LogP contribution in [0.1, 0.15) is 28.8 Å². The molecule has 0 spiro atoms. The Labute approximate surface area is 187 Å². The van der Waals surface area contributed by atoms with Crippen LogP contribution in [0.5, 0.6) is 5.75 Å². The van der Waals surface area contributed by atoms with Gasteiger partial charge >= 0.3 is 0 Å². The molecule has 0 radical (unpaired) electrons. The van der Waals surface area contributed by atoms with Gasteiger partial charge < -0.3 is 15.9 Å². The van der Waals surface area contributed by atoms with Crippen LogP contribution in [0.25, 0.3) is 11.3 Å². The SMILES string of the molecule is NC(=O)C1C(=O)C[C@@H]2C[C@@H]3Cc4c(-c5ccccn5)ccc(O)c4C(=O)C3C(=O)[C@]2(O)C1=O. The lowest BCUT2D eigenvalue weighted by atomic mass is 9.53. The maximum atomic E-state index is 13.5. The average Bonchev–Trinajstić information content (AvgIpc) is 2.76. The molecule has 3 aliphatic carbocycles. The van der Waals surface area contributed by atoms with Gasteiger partial charge in [-0.2, -0.15) is 0 Å². The van der Waals surface area contributed by atoms with Crippen molar-refractivity contribution >= 4 is 29.0 Å². The molecule has 5 rings (SSSR count). The van der Waals surface area contributed by atoms with Crippen molar-refractivity contribution in [3.63, 3.8) is 0 Å². The van der Waals surface area contributed by atoms with Crippen molar-refractivity contribution in [3.05, 3.63) is 47.7 Å². The van der Waals surface area contributed by atoms with Gasteiger partial charge in [-0.25, -0.2) is 0 Å². The van der Waals surface area contributed by atoms with Crippen LogP contribution in [0.3, 0.4) is 0 Å². The van der Waals surface area contributed by atoms with Crippen LogP contribution < -0.4 is 5.73 Å². The molecule has 168 valence electrons. The van der Waals surface area contributed by atoms with Gasteiger partial charge in [0.2, 0.25) is 5.91 Å². The summed E-state index contributed by atoms with van der Waals surface area (Å²) in [5.41, 5.74) is 4.25. The molecule has 1 amide bonds. The number of carbonyl (C=O) groups is 5. The third-order valence-corrected chi connectivity index (χ3v) is 7.23. The summed E-state index contributed by atoms with van der Waals surface area (Å²) >= 11 is 0. The molecule has 0 bridgehead atoms. The van der Waals surface area contributed by atoms with Crippen LogP contribution >= 0.6 is 0 Å². The summed E-state index contributed by atoms with van der Waals surface area (Å²) in [6.45, 7) is 0. The van der Waals surface area contributed by atoms with E-state index < -0.39 is 58.3 Å². The highest BCUT2D eigenvalue weighted by Gasteiger charge is 2.66. The number of Topliss-reactive ketones (excluding diaryl/α,β-unsaturated/α-hetero) is 4. The number of hydrogen-bond acceptors (Lipinski definition) is 8. The Morgan fingerprint density at radius 1 is 1.06 bits per heavy atom. The number of benzene rings is 1. The lowest BCUT2D eigenvalue weighted by molar-refractivity contribution is -0.175. The van der Waals surface area contributed by atoms with E-state index in [1.807, 2.05) is 0 Å². The first kappa shape index (κ1) is 21.1. The number of pyridine rings is 1. The Balaban J connectivity index is 1.62. The fourth-order valence-corrected chi connectivity index (χ4v) is 5.73. The molecule has 1 aromatic heterocycles. The van der Waals surface area contributed by atoms with Gasteiger partial charge in [-0.3, -0.25) is 29.0 Å². The zero-order chi connectivity index (χ0) is 23.7. The van der Waals surface area contributed by atoms with E-state index in [-0.39, 0.29) is 30.6 Å². The molecule has 1 heterocycles. The highest BCUT2D eigenvalue weighted by molar-refractivity contribution is 6.31. The smallest absolute Gasteiger partial charge is 0.235 e. The van der Waals surface area contributed by atoms with Gasteiger partial charge in [0, 0.05) is 24.1 Å². The molecule has 4 N–H and O–H groups in total. The molecule has 1 aromatic carbocycles. The van der Waals surface area contributed by atoms with E-state index in [4.69, 9.17) is 5.73 Å². The van der Waals surface area contributed by atoms with Gasteiger partial charge in [-0.1, -0.05) is 6.07 Å². The van der Waals surface area contributed by atoms with Crippen molar-refractivity contribution in [2.45, 2.75) is 24.9 Å². The Morgan fingerprint density at radius 2 is 1.82 bits per heavy atom. The third-order valence-electron chi connectivity index (χ3n) is 7.23. The van der Waals surface area contributed by atoms with Gasteiger partial charge in [0.1, 0.15) is 5.75 Å². The highest BCUT2D eigenvalue weighted by atomic mass is 16.3. The molecule has 33 heavy (non-hydrogen) atoms. The lowest BCUT2D eigenvalue weighted by Crippen LogP contribution is -2.68. The van der Waals surface area contributed by atoms with Crippen molar-refractivity contribution in [1.29, 1.82) is 0 Å². The quantitative estimate of drug-likeness (QED) is 0.555. The fraction of sp³-hybridized carbons (Fsp3) is 0.333. The van der Waals surface area contributed by atoms with Gasteiger partial charge in [0.15, 0.2) is 34.7 Å². The Kier molecular flexibility index (Phi) is 4.58. The predicted molar refractivity (Wildman–Crippen MR) is 112 cm³/mol. The van der Waals surface area contributed by atoms with Crippen LogP contribution in [0, 0.1) is 23.7 Å². The molecular formula is C24H20N2O7. The van der Waals surface area contributed by atoms with Gasteiger partial charge in [-0.15, -0.1) is 0 Å². The maximum absolute atomic E-state index is 13.5. The predicted octanol–water partition coefficient (Wildman–Crippen LogP) is 0.389. The number of fused-ring (bicyclic) bond motifs is 3. The maximum Gasteiger partial charge on any atom is 0.235 e. The number of rotatable bonds is 2. The molecule has 9 nitrogen and oxygen atoms in total. The number of carbonyl (C=O) groups excluding carboxylic acids is 5. The number of aromatic nitrogens is 1. The van der Waals surface area contributed by atoms with E-state index in [0.717, 1.165) is 0 Å². The molecule has 0 saturated heterocycles. The summed E-state index contributed by atoms with van der Waals surface area (Å²) < 4.78 is 0. The number of nitrogens with zero attached hydrogens (tertiary/aromatic N) is 1. The minimum atomic E-state index is -2.64. The van der Waals surface area contributed by atoms with Crippen molar-refractivity contribution in [3.8, 4) is 17.0 Å². The summed E-state index contributed by atoms with van der Waals surface area (Å²) in [6.07, 6.45) is 1.50. The van der Waals surface area contributed by atoms with Crippen LogP contribution in [0.15, 0.2) is 36.5 Å². The number of phenolic OH excluding ortho intramolecular Hbond substituents is 1. The molecule has 2 aromatic rings. The van der Waals surface area contributed by atoms with E-state index in [9.17, 15) is 34.2 Å². The molecule has 2 saturated carbocycles. The number of nitrogens with two attached hydrogens (primary N) is 1. The molecule has 2 fully saturated rings. The number of aromatic hydroxyl groups is 1. The van der Waals surface area contributed by atoms with E-state index in [1.54, 1.807) is 30.5 Å². The number of aliphatic hydroxyl groups is 1. The standard InChI is InChI=1S/C24H20N2O7/c25-23(32)19-16(28)9-11-7-10-8-13-12(14-3-1-2-6-26-14)4-5-15(27)18(13)20(29)17(10)21(30)24(11,33)22(19)31/h1-6,10-11,17,19,27,33H,7-9H2,(H2,25,32)/t10-,11+,17?,19?,24+/m1/s1. The number of ketones is 4. The Bertz CT molecular complexity index is 1250. The summed E-state index contributed by atoms with van der Waals surface area (Å²) in [5, 5.41) is 21.7. The minimum Gasteiger partial charge on any atom is -0.507 e. The topological polar surface area (TPSA) is 165 Å². The molecule has 5 atom stereocenters. The van der Waals surface area contributed by atoms with E-state index in [2.05, 4.69) is 4.98 Å². The number of primary amides is 1. The summed E-state index contributed by atoms with van der Waals surface area (Å²) in [6, 6.07) is 8.29. The molecule has 0 aliphatic heterocycles. The molecule has 3 aliphatic rings. The summed E-state index contributed by atoms with van der Waals surface area (Å²) in [4.78, 5) is 68.2. The number of hydrogen-bond donors (Lipinski definition) is 3. The Hall–Kier alpha value is -3.72. The number of amides is 1. The largest absolute Gasteiger partial charge is 0.507 e. The Morgan fingerprint density at radius 3 is 2.48 bits per heavy atom. The number of phenols is 1. The van der Waals surface area contributed by atoms with Crippen molar-refractivity contribution in [1.82, 2.24) is 4.98 Å². The van der Waals surface area contributed by atoms with Crippen molar-refractivity contribution in [2.75, 3.05) is 0 Å². The molecular weight excluding hydrogens is 428 g/mol. The first-order valence-corrected chi connectivity index (χ1v) is 10.6. The second kappa shape index (κ2) is 7.14. The second-order valence-electron chi connectivity index (χ2n) is 8.94. The van der Waals surface area contributed by atoms with E-state index >= 15 is 0 Å². The lowest BCUT2D eigenvalue weighted by Gasteiger charge is -2.48. The monoisotopic (exact) mass is 448 g/mol. The zero-order valence-corrected chi connectivity index (χ0v) is 17.4. The van der Waals surface area contributed by atoms with Crippen LogP contribution in [-0.2, 0) is 25.6 Å². The minimum absolute atomic E-state index is 0.0411. The molecule has 9 heteroatoms. The van der Waals surface area contributed by atoms with Crippen LogP contribution in [0.4, 0.5) is 0 Å². The third kappa shape index (κ3) is 2.82. The second-order valence-corrected chi connectivity index (χ2v) is 8.94. The first-order valence-electron chi connectivity index (χ1n) is 10.6. The van der Waals surface area contributed by atoms with Crippen molar-refractivity contribution in [2.24, 2.45) is 29.4 Å². The van der Waals surface area contributed by atoms with Gasteiger partial charge in [0.25, 0.3) is 0 Å². The van der Waals surface area contributed by atoms with Crippen molar-refractivity contribution < 1.29 is 34.2 Å². The molecule has 2 unspecified atom stereocenters. The fourth-order valence-electron chi connectivity index (χ4n) is 5.73. The zero-order valence-electron chi connectivity index (χ0n) is 17.4. The first-order chi connectivity index (χ1) is 15.7. The van der Waals surface area contributed by atoms with E-state index in [1.165, 1.54) is 6.07 Å². The normalized spacial score (nSPS) is 30.9. The van der Waals surface area contributed by atoms with Gasteiger partial charge in [0.05, 0.1) is 17.2 Å². The van der Waals surface area contributed by atoms with Crippen LogP contribution in [0.2, 0.25) is 0 Å². The summed E-state index contributed by atoms with van der Waals surface area (Å²) in [7, 11) is 0. The van der Waals surface area contributed by atoms with Crippen LogP contribution in [-0.4, -0.2) is 49.8 Å². The summed E-state index contributed by atoms with van der Waals surface area (Å²) in [5.74, 6) is -10.2. The van der Waals surface area contributed by atoms with E-state index in [0.29, 0.717) is 16.8 Å². The van der Waals surface area contributed by atoms with Gasteiger partial charge in [-0.05, 0) is 48.6 Å².